The molecule has 0 amide bonds. The molecule has 0 unspecified atom stereocenters. The SMILES string of the molecule is Cc1ccc(NC2CC(c3cccc(Cl)c3)C2)c(C)n1. The predicted molar refractivity (Wildman–Crippen MR) is 84.5 cm³/mol. The van der Waals surface area contributed by atoms with Gasteiger partial charge in [0.05, 0.1) is 11.4 Å². The molecule has 0 atom stereocenters. The number of pyridine rings is 1. The smallest absolute Gasteiger partial charge is 0.0606 e. The second kappa shape index (κ2) is 5.45. The molecule has 1 heterocycles. The molecule has 0 bridgehead atoms. The highest BCUT2D eigenvalue weighted by Crippen LogP contribution is 2.39. The summed E-state index contributed by atoms with van der Waals surface area (Å²) in [4.78, 5) is 4.49. The molecule has 2 nitrogen and oxygen atoms in total. The van der Waals surface area contributed by atoms with E-state index in [9.17, 15) is 0 Å². The molecule has 3 rings (SSSR count). The molecule has 1 aliphatic carbocycles. The number of benzene rings is 1. The number of rotatable bonds is 3. The molecule has 0 spiro atoms. The van der Waals surface area contributed by atoms with Gasteiger partial charge in [0.2, 0.25) is 0 Å². The van der Waals surface area contributed by atoms with E-state index in [-0.39, 0.29) is 0 Å². The minimum atomic E-state index is 0.544. The van der Waals surface area contributed by atoms with E-state index in [0.717, 1.165) is 34.9 Å². The van der Waals surface area contributed by atoms with Crippen molar-refractivity contribution in [2.75, 3.05) is 5.32 Å². The van der Waals surface area contributed by atoms with Gasteiger partial charge in [0.25, 0.3) is 0 Å². The Morgan fingerprint density at radius 2 is 1.95 bits per heavy atom. The predicted octanol–water partition coefficient (Wildman–Crippen LogP) is 4.71. The Morgan fingerprint density at radius 1 is 1.15 bits per heavy atom. The molecule has 20 heavy (non-hydrogen) atoms. The van der Waals surface area contributed by atoms with Gasteiger partial charge in [0.1, 0.15) is 0 Å². The fraction of sp³-hybridized carbons (Fsp3) is 0.353. The third kappa shape index (κ3) is 2.80. The highest BCUT2D eigenvalue weighted by Gasteiger charge is 2.30. The monoisotopic (exact) mass is 286 g/mol. The van der Waals surface area contributed by atoms with E-state index in [0.29, 0.717) is 12.0 Å². The van der Waals surface area contributed by atoms with Crippen LogP contribution in [0.5, 0.6) is 0 Å². The van der Waals surface area contributed by atoms with Crippen LogP contribution in [0.1, 0.15) is 35.7 Å². The second-order valence-corrected chi connectivity index (χ2v) is 6.09. The lowest BCUT2D eigenvalue weighted by atomic mass is 9.76. The first-order valence-electron chi connectivity index (χ1n) is 7.08. The summed E-state index contributed by atoms with van der Waals surface area (Å²) in [5.74, 6) is 0.630. The van der Waals surface area contributed by atoms with Crippen LogP contribution in [0.2, 0.25) is 5.02 Å². The van der Waals surface area contributed by atoms with Crippen LogP contribution in [0.25, 0.3) is 0 Å². The van der Waals surface area contributed by atoms with Crippen molar-refractivity contribution in [1.82, 2.24) is 4.98 Å². The zero-order valence-corrected chi connectivity index (χ0v) is 12.6. The first-order chi connectivity index (χ1) is 9.61. The molecular formula is C17H19ClN2. The highest BCUT2D eigenvalue weighted by atomic mass is 35.5. The standard InChI is InChI=1S/C17H19ClN2/c1-11-6-7-17(12(2)19-11)20-16-9-14(10-16)13-4-3-5-15(18)8-13/h3-8,14,16,20H,9-10H2,1-2H3. The van der Waals surface area contributed by atoms with Crippen LogP contribution in [-0.4, -0.2) is 11.0 Å². The number of hydrogen-bond acceptors (Lipinski definition) is 2. The van der Waals surface area contributed by atoms with Gasteiger partial charge in [-0.05, 0) is 62.4 Å². The summed E-state index contributed by atoms with van der Waals surface area (Å²) in [5, 5.41) is 4.42. The Bertz CT molecular complexity index is 618. The van der Waals surface area contributed by atoms with Crippen LogP contribution in [0, 0.1) is 13.8 Å². The lowest BCUT2D eigenvalue weighted by Gasteiger charge is -2.37. The Balaban J connectivity index is 1.61. The van der Waals surface area contributed by atoms with E-state index in [2.05, 4.69) is 41.5 Å². The maximum Gasteiger partial charge on any atom is 0.0606 e. The maximum absolute atomic E-state index is 6.05. The molecule has 0 radical (unpaired) electrons. The number of nitrogens with zero attached hydrogens (tertiary/aromatic N) is 1. The number of halogens is 1. The highest BCUT2D eigenvalue weighted by molar-refractivity contribution is 6.30. The van der Waals surface area contributed by atoms with Gasteiger partial charge in [-0.25, -0.2) is 0 Å². The van der Waals surface area contributed by atoms with Crippen molar-refractivity contribution in [3.8, 4) is 0 Å². The van der Waals surface area contributed by atoms with Gasteiger partial charge in [-0.15, -0.1) is 0 Å². The second-order valence-electron chi connectivity index (χ2n) is 5.65. The van der Waals surface area contributed by atoms with Crippen molar-refractivity contribution in [2.45, 2.75) is 38.6 Å². The van der Waals surface area contributed by atoms with E-state index >= 15 is 0 Å². The minimum absolute atomic E-state index is 0.544. The molecule has 1 aliphatic rings. The van der Waals surface area contributed by atoms with Crippen molar-refractivity contribution < 1.29 is 0 Å². The van der Waals surface area contributed by atoms with E-state index in [1.54, 1.807) is 0 Å². The van der Waals surface area contributed by atoms with Gasteiger partial charge in [0, 0.05) is 16.8 Å². The summed E-state index contributed by atoms with van der Waals surface area (Å²) >= 11 is 6.05. The summed E-state index contributed by atoms with van der Waals surface area (Å²) in [6.07, 6.45) is 2.32. The van der Waals surface area contributed by atoms with Gasteiger partial charge in [-0.3, -0.25) is 4.98 Å². The maximum atomic E-state index is 6.05. The number of anilines is 1. The van der Waals surface area contributed by atoms with Gasteiger partial charge in [0.15, 0.2) is 0 Å². The normalized spacial score (nSPS) is 21.4. The molecule has 0 aliphatic heterocycles. The number of nitrogens with one attached hydrogen (secondary N) is 1. The third-order valence-corrected chi connectivity index (χ3v) is 4.28. The molecule has 1 aromatic carbocycles. The minimum Gasteiger partial charge on any atom is -0.381 e. The molecule has 1 N–H and O–H groups in total. The van der Waals surface area contributed by atoms with Crippen molar-refractivity contribution in [2.24, 2.45) is 0 Å². The molecule has 1 aromatic heterocycles. The van der Waals surface area contributed by atoms with Crippen molar-refractivity contribution >= 4 is 17.3 Å². The topological polar surface area (TPSA) is 24.9 Å². The average Bonchev–Trinajstić information content (AvgIpc) is 2.35. The average molecular weight is 287 g/mol. The van der Waals surface area contributed by atoms with Gasteiger partial charge >= 0.3 is 0 Å². The van der Waals surface area contributed by atoms with Gasteiger partial charge < -0.3 is 5.32 Å². The molecule has 0 saturated heterocycles. The van der Waals surface area contributed by atoms with Crippen LogP contribution in [0.4, 0.5) is 5.69 Å². The van der Waals surface area contributed by atoms with Crippen molar-refractivity contribution in [3.05, 3.63) is 58.4 Å². The number of aryl methyl sites for hydroxylation is 2. The van der Waals surface area contributed by atoms with Crippen LogP contribution >= 0.6 is 11.6 Å². The fourth-order valence-electron chi connectivity index (χ4n) is 2.83. The molecule has 104 valence electrons. The lowest BCUT2D eigenvalue weighted by molar-refractivity contribution is 0.374. The summed E-state index contributed by atoms with van der Waals surface area (Å²) in [6.45, 7) is 4.08. The summed E-state index contributed by atoms with van der Waals surface area (Å²) in [7, 11) is 0. The summed E-state index contributed by atoms with van der Waals surface area (Å²) < 4.78 is 0. The van der Waals surface area contributed by atoms with E-state index < -0.39 is 0 Å². The Morgan fingerprint density at radius 3 is 2.65 bits per heavy atom. The summed E-state index contributed by atoms with van der Waals surface area (Å²) in [6, 6.07) is 13.0. The fourth-order valence-corrected chi connectivity index (χ4v) is 3.03. The van der Waals surface area contributed by atoms with Crippen LogP contribution < -0.4 is 5.32 Å². The Labute approximate surface area is 125 Å². The lowest BCUT2D eigenvalue weighted by Crippen LogP contribution is -2.34. The first kappa shape index (κ1) is 13.4. The quantitative estimate of drug-likeness (QED) is 0.884. The zero-order chi connectivity index (χ0) is 14.1. The molecule has 2 aromatic rings. The van der Waals surface area contributed by atoms with Crippen LogP contribution in [0.15, 0.2) is 36.4 Å². The van der Waals surface area contributed by atoms with Gasteiger partial charge in [-0.2, -0.15) is 0 Å². The number of aromatic nitrogens is 1. The van der Waals surface area contributed by atoms with E-state index in [1.807, 2.05) is 19.1 Å². The Kier molecular flexibility index (Phi) is 3.66. The third-order valence-electron chi connectivity index (χ3n) is 4.04. The largest absolute Gasteiger partial charge is 0.381 e. The molecule has 1 saturated carbocycles. The van der Waals surface area contributed by atoms with Crippen molar-refractivity contribution in [1.29, 1.82) is 0 Å². The van der Waals surface area contributed by atoms with E-state index in [4.69, 9.17) is 11.6 Å². The molecule has 1 fully saturated rings. The van der Waals surface area contributed by atoms with Crippen LogP contribution in [-0.2, 0) is 0 Å². The van der Waals surface area contributed by atoms with E-state index in [1.165, 1.54) is 5.56 Å². The first-order valence-corrected chi connectivity index (χ1v) is 7.46. The van der Waals surface area contributed by atoms with Crippen LogP contribution in [0.3, 0.4) is 0 Å². The zero-order valence-electron chi connectivity index (χ0n) is 11.9. The number of hydrogen-bond donors (Lipinski definition) is 1. The summed E-state index contributed by atoms with van der Waals surface area (Å²) in [5.41, 5.74) is 4.66. The van der Waals surface area contributed by atoms with Gasteiger partial charge in [-0.1, -0.05) is 23.7 Å². The van der Waals surface area contributed by atoms with Crippen molar-refractivity contribution in [3.63, 3.8) is 0 Å². The molecule has 3 heteroatoms. The molecular weight excluding hydrogens is 268 g/mol. The Hall–Kier alpha value is -1.54.